The summed E-state index contributed by atoms with van der Waals surface area (Å²) in [5, 5.41) is 35.1. The molecule has 12 heavy (non-hydrogen) atoms. The van der Waals surface area contributed by atoms with Crippen LogP contribution in [0.2, 0.25) is 1.41 Å². The Morgan fingerprint density at radius 1 is 1.50 bits per heavy atom. The normalized spacial score (nSPS) is 19.5. The number of hydrogen-bond acceptors (Lipinski definition) is 6. The molecule has 0 spiro atoms. The quantitative estimate of drug-likeness (QED) is 0.290. The first-order valence-electron chi connectivity index (χ1n) is 3.88. The van der Waals surface area contributed by atoms with Gasteiger partial charge in [-0.05, 0) is 0 Å². The van der Waals surface area contributed by atoms with Gasteiger partial charge in [-0.25, -0.2) is 0 Å². The lowest BCUT2D eigenvalue weighted by atomic mass is 10.1. The maximum atomic E-state index is 10.9. The van der Waals surface area contributed by atoms with Gasteiger partial charge in [-0.2, -0.15) is 0 Å². The van der Waals surface area contributed by atoms with Crippen molar-refractivity contribution in [1.82, 2.24) is 0 Å². The highest BCUT2D eigenvalue weighted by Gasteiger charge is 2.27. The van der Waals surface area contributed by atoms with Crippen LogP contribution in [0.25, 0.3) is 0 Å². The number of Topliss-reactive ketones (excluding diaryl/α,β-unsaturated/α-hetero) is 1. The second-order valence-corrected chi connectivity index (χ2v) is 2.32. The van der Waals surface area contributed by atoms with Crippen LogP contribution in [0.15, 0.2) is 0 Å². The number of aliphatic hydroxyl groups excluding tert-OH is 4. The van der Waals surface area contributed by atoms with Crippen molar-refractivity contribution in [3.05, 3.63) is 0 Å². The summed E-state index contributed by atoms with van der Waals surface area (Å²) >= 11 is 0. The number of carbonyl (C=O) groups is 1. The fraction of sp³-hybridized carbons (Fsp3) is 0.833. The molecule has 6 heteroatoms. The number of nitrogens with two attached hydrogens (primary N) is 1. The Kier molecular flexibility index (Phi) is 4.12. The van der Waals surface area contributed by atoms with Crippen molar-refractivity contribution >= 4 is 5.78 Å². The molecule has 6 N–H and O–H groups in total. The Labute approximate surface area is 70.7 Å². The van der Waals surface area contributed by atoms with E-state index in [-0.39, 0.29) is 6.54 Å². The van der Waals surface area contributed by atoms with Crippen LogP contribution in [0.5, 0.6) is 0 Å². The van der Waals surface area contributed by atoms with Crippen LogP contribution >= 0.6 is 0 Å². The van der Waals surface area contributed by atoms with Crippen LogP contribution in [0.1, 0.15) is 0 Å². The summed E-state index contributed by atoms with van der Waals surface area (Å²) in [5.74, 6) is -1.03. The van der Waals surface area contributed by atoms with Crippen LogP contribution in [0.4, 0.5) is 0 Å². The van der Waals surface area contributed by atoms with Crippen molar-refractivity contribution < 1.29 is 26.6 Å². The molecule has 72 valence electrons. The van der Waals surface area contributed by atoms with Crippen molar-refractivity contribution in [2.45, 2.75) is 18.3 Å². The zero-order chi connectivity index (χ0) is 10.4. The Balaban J connectivity index is 4.08. The molecule has 0 aliphatic rings. The monoisotopic (exact) mass is 180 g/mol. The second kappa shape index (κ2) is 5.18. The van der Waals surface area contributed by atoms with Crippen molar-refractivity contribution in [3.63, 3.8) is 0 Å². The van der Waals surface area contributed by atoms with Crippen LogP contribution in [0.3, 0.4) is 0 Å². The highest BCUT2D eigenvalue weighted by atomic mass is 16.4. The van der Waals surface area contributed by atoms with E-state index in [1.165, 1.54) is 0 Å². The van der Waals surface area contributed by atoms with Crippen LogP contribution in [-0.4, -0.2) is 57.7 Å². The number of aliphatic hydroxyl groups is 4. The molecule has 0 heterocycles. The average Bonchev–Trinajstić information content (AvgIpc) is 2.14. The summed E-state index contributed by atoms with van der Waals surface area (Å²) in [6.07, 6.45) is -4.99. The van der Waals surface area contributed by atoms with Crippen molar-refractivity contribution in [2.24, 2.45) is 5.73 Å². The minimum absolute atomic E-state index is 0.339. The lowest BCUT2D eigenvalue weighted by Crippen LogP contribution is -2.44. The van der Waals surface area contributed by atoms with Crippen LogP contribution in [-0.2, 0) is 4.79 Å². The zero-order valence-electron chi connectivity index (χ0n) is 7.34. The molecule has 0 radical (unpaired) electrons. The van der Waals surface area contributed by atoms with Crippen LogP contribution < -0.4 is 5.73 Å². The van der Waals surface area contributed by atoms with Crippen LogP contribution in [0, 0.1) is 0 Å². The molecule has 0 amide bonds. The van der Waals surface area contributed by atoms with Gasteiger partial charge in [-0.1, -0.05) is 0 Å². The molecule has 3 atom stereocenters. The van der Waals surface area contributed by atoms with E-state index < -0.39 is 30.7 Å². The van der Waals surface area contributed by atoms with Crippen molar-refractivity contribution in [1.29, 1.82) is 0 Å². The van der Waals surface area contributed by atoms with Gasteiger partial charge in [0.1, 0.15) is 19.7 Å². The Morgan fingerprint density at radius 2 is 2.08 bits per heavy atom. The molecule has 0 aromatic heterocycles. The maximum Gasteiger partial charge on any atom is 0.193 e. The molecule has 0 fully saturated rings. The van der Waals surface area contributed by atoms with Gasteiger partial charge in [0, 0.05) is 6.54 Å². The third kappa shape index (κ3) is 2.84. The minimum atomic E-state index is -1.83. The first-order chi connectivity index (χ1) is 6.04. The Hall–Kier alpha value is -0.530. The minimum Gasteiger partial charge on any atom is -0.394 e. The molecule has 0 unspecified atom stereocenters. The van der Waals surface area contributed by atoms with E-state index in [2.05, 4.69) is 0 Å². The summed E-state index contributed by atoms with van der Waals surface area (Å²) in [6, 6.07) is 0. The first-order valence-corrected chi connectivity index (χ1v) is 3.38. The molecule has 0 saturated carbocycles. The molecule has 0 bridgehead atoms. The smallest absolute Gasteiger partial charge is 0.193 e. The third-order valence-corrected chi connectivity index (χ3v) is 1.36. The lowest BCUT2D eigenvalue weighted by Gasteiger charge is -2.16. The maximum absolute atomic E-state index is 10.9. The predicted molar refractivity (Wildman–Crippen MR) is 39.2 cm³/mol. The van der Waals surface area contributed by atoms with Gasteiger partial charge >= 0.3 is 0 Å². The van der Waals surface area contributed by atoms with E-state index >= 15 is 0 Å². The number of ketones is 1. The van der Waals surface area contributed by atoms with Gasteiger partial charge in [0.25, 0.3) is 0 Å². The van der Waals surface area contributed by atoms with E-state index in [4.69, 9.17) is 21.8 Å². The van der Waals surface area contributed by atoms with Gasteiger partial charge < -0.3 is 26.2 Å². The zero-order valence-corrected chi connectivity index (χ0v) is 6.34. The number of rotatable bonds is 6. The Bertz CT molecular complexity index is 167. The summed E-state index contributed by atoms with van der Waals surface area (Å²) in [7, 11) is 0. The molecule has 0 aliphatic carbocycles. The van der Waals surface area contributed by atoms with E-state index in [0.29, 0.717) is 0 Å². The molecule has 6 nitrogen and oxygen atoms in total. The van der Waals surface area contributed by atoms with Gasteiger partial charge in [0.15, 0.2) is 5.78 Å². The van der Waals surface area contributed by atoms with E-state index in [1.54, 1.807) is 5.73 Å². The molecule has 0 aromatic carbocycles. The molecule has 0 aliphatic heterocycles. The molecular formula is C6H13NO5. The fourth-order valence-corrected chi connectivity index (χ4v) is 0.587. The Morgan fingerprint density at radius 3 is 2.50 bits per heavy atom. The van der Waals surface area contributed by atoms with Crippen molar-refractivity contribution in [2.75, 3.05) is 13.2 Å². The largest absolute Gasteiger partial charge is 0.394 e. The number of hydrogen-bond donors (Lipinski definition) is 5. The molecular weight excluding hydrogens is 166 g/mol. The summed E-state index contributed by atoms with van der Waals surface area (Å²) in [5.41, 5.74) is 1.78. The van der Waals surface area contributed by atoms with E-state index in [9.17, 15) is 4.79 Å². The summed E-state index contributed by atoms with van der Waals surface area (Å²) in [4.78, 5) is 10.9. The van der Waals surface area contributed by atoms with Crippen molar-refractivity contribution in [3.8, 4) is 0 Å². The fourth-order valence-electron chi connectivity index (χ4n) is 0.587. The van der Waals surface area contributed by atoms with E-state index in [0.717, 1.165) is 0 Å². The second-order valence-electron chi connectivity index (χ2n) is 2.32. The molecule has 0 rings (SSSR count). The van der Waals surface area contributed by atoms with Gasteiger partial charge in [0.05, 0.1) is 6.61 Å². The van der Waals surface area contributed by atoms with Gasteiger partial charge in [-0.15, -0.1) is 0 Å². The summed E-state index contributed by atoms with van der Waals surface area (Å²) < 4.78 is 6.46. The topological polar surface area (TPSA) is 124 Å². The average molecular weight is 180 g/mol. The lowest BCUT2D eigenvalue weighted by molar-refractivity contribution is -0.142. The SMILES string of the molecule is [2H]NC[C@@H](O)C(=O)[C@H](O)[C@@H](O)CO. The standard InChI is InChI=1S/C6H13NO5/c7-1-3(9)5(11)6(12)4(10)2-8/h3-4,6,8-10,12H,1-2,7H2/t3-,4+,6-/m1/s1/i/hD. The first kappa shape index (κ1) is 9.56. The summed E-state index contributed by atoms with van der Waals surface area (Å²) in [6.45, 7) is -1.11. The number of carbonyl (C=O) groups excluding carboxylic acids is 1. The highest BCUT2D eigenvalue weighted by molar-refractivity contribution is 5.87. The highest BCUT2D eigenvalue weighted by Crippen LogP contribution is 1.97. The van der Waals surface area contributed by atoms with Gasteiger partial charge in [0.2, 0.25) is 0 Å². The predicted octanol–water partition coefficient (Wildman–Crippen LogP) is -3.41. The third-order valence-electron chi connectivity index (χ3n) is 1.36. The molecule has 0 aromatic rings. The molecule has 0 saturated heterocycles. The van der Waals surface area contributed by atoms with E-state index in [1.807, 2.05) is 0 Å². The van der Waals surface area contributed by atoms with Gasteiger partial charge in [-0.3, -0.25) is 4.79 Å².